The van der Waals surface area contributed by atoms with Gasteiger partial charge in [0.25, 0.3) is 0 Å². The van der Waals surface area contributed by atoms with Crippen LogP contribution in [0.3, 0.4) is 0 Å². The van der Waals surface area contributed by atoms with Crippen molar-refractivity contribution in [1.82, 2.24) is 10.2 Å². The predicted molar refractivity (Wildman–Crippen MR) is 119 cm³/mol. The molecule has 2 aliphatic rings. The van der Waals surface area contributed by atoms with E-state index >= 15 is 0 Å². The second-order valence-corrected chi connectivity index (χ2v) is 7.53. The van der Waals surface area contributed by atoms with Crippen LogP contribution in [0.15, 0.2) is 29.3 Å². The molecule has 7 heteroatoms. The highest BCUT2D eigenvalue weighted by atomic mass is 127. The Bertz CT molecular complexity index is 658. The minimum absolute atomic E-state index is 0. The molecular formula is C20H31IN4O2. The maximum atomic E-state index is 11.2. The number of nitrogens with one attached hydrogen (secondary N) is 1. The number of rotatable bonds is 6. The van der Waals surface area contributed by atoms with Crippen LogP contribution in [0.2, 0.25) is 0 Å². The molecule has 1 aliphatic carbocycles. The van der Waals surface area contributed by atoms with Gasteiger partial charge in [0.2, 0.25) is 5.91 Å². The van der Waals surface area contributed by atoms with E-state index in [1.807, 2.05) is 19.2 Å². The topological polar surface area (TPSA) is 80.0 Å². The third kappa shape index (κ3) is 5.49. The number of hydrogen-bond donors (Lipinski definition) is 2. The van der Waals surface area contributed by atoms with Crippen molar-refractivity contribution in [2.45, 2.75) is 37.5 Å². The monoisotopic (exact) mass is 486 g/mol. The summed E-state index contributed by atoms with van der Waals surface area (Å²) in [5, 5.41) is 3.57. The minimum atomic E-state index is -0.212. The van der Waals surface area contributed by atoms with Gasteiger partial charge in [0.15, 0.2) is 5.96 Å². The van der Waals surface area contributed by atoms with Gasteiger partial charge < -0.3 is 20.7 Å². The van der Waals surface area contributed by atoms with Crippen LogP contribution in [0.4, 0.5) is 0 Å². The Morgan fingerprint density at radius 3 is 2.63 bits per heavy atom. The Hall–Kier alpha value is -1.51. The lowest BCUT2D eigenvalue weighted by Gasteiger charge is -2.35. The molecule has 1 saturated carbocycles. The van der Waals surface area contributed by atoms with E-state index in [9.17, 15) is 4.79 Å². The van der Waals surface area contributed by atoms with Crippen LogP contribution in [0.1, 0.15) is 37.7 Å². The fourth-order valence-corrected chi connectivity index (χ4v) is 3.95. The summed E-state index contributed by atoms with van der Waals surface area (Å²) >= 11 is 0. The number of methoxy groups -OCH3 is 1. The van der Waals surface area contributed by atoms with Crippen molar-refractivity contribution >= 4 is 35.8 Å². The second-order valence-electron chi connectivity index (χ2n) is 7.53. The number of benzene rings is 1. The predicted octanol–water partition coefficient (Wildman–Crippen LogP) is 2.51. The summed E-state index contributed by atoms with van der Waals surface area (Å²) in [6.07, 6.45) is 4.97. The quantitative estimate of drug-likeness (QED) is 0.368. The van der Waals surface area contributed by atoms with Crippen molar-refractivity contribution in [3.63, 3.8) is 0 Å². The Morgan fingerprint density at radius 1 is 1.37 bits per heavy atom. The van der Waals surface area contributed by atoms with Crippen molar-refractivity contribution in [1.29, 1.82) is 0 Å². The molecule has 1 heterocycles. The van der Waals surface area contributed by atoms with E-state index in [4.69, 9.17) is 10.5 Å². The van der Waals surface area contributed by atoms with Gasteiger partial charge in [0.1, 0.15) is 5.75 Å². The number of hydrogen-bond acceptors (Lipinski definition) is 3. The fourth-order valence-electron chi connectivity index (χ4n) is 3.95. The van der Waals surface area contributed by atoms with Gasteiger partial charge in [-0.2, -0.15) is 0 Å². The van der Waals surface area contributed by atoms with Crippen LogP contribution in [-0.2, 0) is 10.2 Å². The number of ether oxygens (including phenoxy) is 1. The first-order valence-corrected chi connectivity index (χ1v) is 9.45. The molecule has 0 aromatic heterocycles. The summed E-state index contributed by atoms with van der Waals surface area (Å²) in [7, 11) is 3.52. The zero-order chi connectivity index (χ0) is 18.6. The maximum Gasteiger partial charge on any atom is 0.217 e. The maximum absolute atomic E-state index is 11.2. The standard InChI is InChI=1S/C20H30N4O2.HI/c1-22-19(24-11-3-4-15(13-24)12-18(21)25)23-14-20(9-10-20)16-5-7-17(26-2)8-6-16;/h5-8,15H,3-4,9-14H2,1-2H3,(H2,21,25)(H,22,23);1H. The Labute approximate surface area is 178 Å². The molecule has 1 amide bonds. The van der Waals surface area contributed by atoms with E-state index in [2.05, 4.69) is 27.3 Å². The molecule has 1 saturated heterocycles. The SMILES string of the molecule is CN=C(NCC1(c2ccc(OC)cc2)CC1)N1CCCC(CC(N)=O)C1.I. The summed E-state index contributed by atoms with van der Waals surface area (Å²) in [6, 6.07) is 8.40. The summed E-state index contributed by atoms with van der Waals surface area (Å²) in [4.78, 5) is 18.0. The third-order valence-corrected chi connectivity index (χ3v) is 5.66. The molecule has 3 N–H and O–H groups in total. The van der Waals surface area contributed by atoms with E-state index in [-0.39, 0.29) is 35.3 Å². The number of piperidine rings is 1. The minimum Gasteiger partial charge on any atom is -0.497 e. The fraction of sp³-hybridized carbons (Fsp3) is 0.600. The van der Waals surface area contributed by atoms with E-state index in [1.165, 1.54) is 18.4 Å². The average Bonchev–Trinajstić information content (AvgIpc) is 3.43. The summed E-state index contributed by atoms with van der Waals surface area (Å²) < 4.78 is 5.26. The zero-order valence-electron chi connectivity index (χ0n) is 16.2. The van der Waals surface area contributed by atoms with Gasteiger partial charge in [-0.05, 0) is 49.3 Å². The van der Waals surface area contributed by atoms with Crippen LogP contribution < -0.4 is 15.8 Å². The molecule has 0 bridgehead atoms. The van der Waals surface area contributed by atoms with E-state index in [1.54, 1.807) is 7.11 Å². The third-order valence-electron chi connectivity index (χ3n) is 5.66. The second kappa shape index (κ2) is 9.61. The molecule has 0 radical (unpaired) electrons. The number of nitrogens with two attached hydrogens (primary N) is 1. The van der Waals surface area contributed by atoms with Crippen molar-refractivity contribution in [2.75, 3.05) is 33.8 Å². The lowest BCUT2D eigenvalue weighted by atomic mass is 9.94. The van der Waals surface area contributed by atoms with Gasteiger partial charge in [-0.3, -0.25) is 9.79 Å². The van der Waals surface area contributed by atoms with E-state index < -0.39 is 0 Å². The van der Waals surface area contributed by atoms with Crippen LogP contribution in [-0.4, -0.2) is 50.6 Å². The molecule has 1 unspecified atom stereocenters. The van der Waals surface area contributed by atoms with Crippen LogP contribution in [0.25, 0.3) is 0 Å². The molecule has 27 heavy (non-hydrogen) atoms. The van der Waals surface area contributed by atoms with Gasteiger partial charge in [-0.25, -0.2) is 0 Å². The Morgan fingerprint density at radius 2 is 2.07 bits per heavy atom. The number of nitrogens with zero attached hydrogens (tertiary/aromatic N) is 2. The highest BCUT2D eigenvalue weighted by Crippen LogP contribution is 2.47. The number of guanidine groups is 1. The molecule has 2 fully saturated rings. The van der Waals surface area contributed by atoms with Crippen LogP contribution in [0, 0.1) is 5.92 Å². The molecule has 1 atom stereocenters. The first-order chi connectivity index (χ1) is 12.6. The smallest absolute Gasteiger partial charge is 0.217 e. The largest absolute Gasteiger partial charge is 0.497 e. The molecule has 150 valence electrons. The Kier molecular flexibility index (Phi) is 7.76. The van der Waals surface area contributed by atoms with Crippen LogP contribution >= 0.6 is 24.0 Å². The van der Waals surface area contributed by atoms with Crippen LogP contribution in [0.5, 0.6) is 5.75 Å². The average molecular weight is 486 g/mol. The molecule has 1 aromatic rings. The number of halogens is 1. The van der Waals surface area contributed by atoms with Gasteiger partial charge in [-0.1, -0.05) is 12.1 Å². The number of amides is 1. The van der Waals surface area contributed by atoms with Gasteiger partial charge in [-0.15, -0.1) is 24.0 Å². The van der Waals surface area contributed by atoms with Gasteiger partial charge in [0.05, 0.1) is 7.11 Å². The zero-order valence-corrected chi connectivity index (χ0v) is 18.6. The lowest BCUT2D eigenvalue weighted by Crippen LogP contribution is -2.48. The van der Waals surface area contributed by atoms with Gasteiger partial charge in [0, 0.05) is 38.5 Å². The molecule has 1 aliphatic heterocycles. The summed E-state index contributed by atoms with van der Waals surface area (Å²) in [6.45, 7) is 2.70. The molecule has 3 rings (SSSR count). The Balaban J connectivity index is 0.00000261. The molecule has 6 nitrogen and oxygen atoms in total. The number of carbonyl (C=O) groups excluding carboxylic acids is 1. The van der Waals surface area contributed by atoms with Gasteiger partial charge >= 0.3 is 0 Å². The van der Waals surface area contributed by atoms with Crippen molar-refractivity contribution < 1.29 is 9.53 Å². The first-order valence-electron chi connectivity index (χ1n) is 9.45. The summed E-state index contributed by atoms with van der Waals surface area (Å²) in [5.74, 6) is 1.94. The van der Waals surface area contributed by atoms with Crippen molar-refractivity contribution in [2.24, 2.45) is 16.6 Å². The van der Waals surface area contributed by atoms with E-state index in [0.29, 0.717) is 12.3 Å². The highest BCUT2D eigenvalue weighted by Gasteiger charge is 2.44. The van der Waals surface area contributed by atoms with E-state index in [0.717, 1.165) is 44.2 Å². The number of aliphatic imine (C=N–C) groups is 1. The van der Waals surface area contributed by atoms with Crippen molar-refractivity contribution in [3.05, 3.63) is 29.8 Å². The lowest BCUT2D eigenvalue weighted by molar-refractivity contribution is -0.119. The molecule has 0 spiro atoms. The number of likely N-dealkylation sites (tertiary alicyclic amines) is 1. The van der Waals surface area contributed by atoms with Crippen molar-refractivity contribution in [3.8, 4) is 5.75 Å². The molecule has 1 aromatic carbocycles. The summed E-state index contributed by atoms with van der Waals surface area (Å²) in [5.41, 5.74) is 6.93. The normalized spacial score (nSPS) is 21.2. The number of carbonyl (C=O) groups is 1. The first kappa shape index (κ1) is 21.8. The number of primary amides is 1. The highest BCUT2D eigenvalue weighted by molar-refractivity contribution is 14.0. The molecular weight excluding hydrogens is 455 g/mol.